The fourth-order valence-electron chi connectivity index (χ4n) is 3.93. The van der Waals surface area contributed by atoms with E-state index in [1.807, 2.05) is 5.32 Å². The van der Waals surface area contributed by atoms with Crippen LogP contribution < -0.4 is 16.4 Å². The highest BCUT2D eigenvalue weighted by Gasteiger charge is 2.42. The molecule has 2 aliphatic rings. The number of benzene rings is 2. The van der Waals surface area contributed by atoms with Gasteiger partial charge >= 0.3 is 12.2 Å². The van der Waals surface area contributed by atoms with Gasteiger partial charge in [-0.05, 0) is 48.4 Å². The molecular weight excluding hydrogens is 475 g/mol. The highest BCUT2D eigenvalue weighted by Crippen LogP contribution is 2.40. The highest BCUT2D eigenvalue weighted by atomic mass is 19.4. The number of urea groups is 1. The first-order valence-corrected chi connectivity index (χ1v) is 10.2. The van der Waals surface area contributed by atoms with Gasteiger partial charge in [-0.2, -0.15) is 18.3 Å². The van der Waals surface area contributed by atoms with Gasteiger partial charge in [0.1, 0.15) is 29.9 Å². The molecule has 3 atom stereocenters. The first-order valence-electron chi connectivity index (χ1n) is 10.2. The third-order valence-electron chi connectivity index (χ3n) is 5.56. The number of amides is 2. The number of halogens is 5. The van der Waals surface area contributed by atoms with Crippen LogP contribution in [-0.2, 0) is 6.18 Å². The third kappa shape index (κ3) is 4.80. The molecule has 3 unspecified atom stereocenters. The first-order chi connectivity index (χ1) is 16.5. The van der Waals surface area contributed by atoms with Gasteiger partial charge in [0, 0.05) is 12.1 Å². The van der Waals surface area contributed by atoms with Gasteiger partial charge in [0.05, 0.1) is 23.0 Å². The van der Waals surface area contributed by atoms with Gasteiger partial charge in [-0.25, -0.2) is 18.6 Å². The molecule has 13 heteroatoms. The summed E-state index contributed by atoms with van der Waals surface area (Å²) in [6, 6.07) is 3.63. The fourth-order valence-corrected chi connectivity index (χ4v) is 3.93. The van der Waals surface area contributed by atoms with E-state index in [9.17, 15) is 31.9 Å². The number of fused-ring (bicyclic) bond motifs is 1. The van der Waals surface area contributed by atoms with Gasteiger partial charge in [-0.1, -0.05) is 6.07 Å². The van der Waals surface area contributed by atoms with Crippen LogP contribution in [0.15, 0.2) is 58.3 Å². The van der Waals surface area contributed by atoms with Crippen LogP contribution in [0.1, 0.15) is 24.0 Å². The smallest absolute Gasteiger partial charge is 0.389 e. The maximum Gasteiger partial charge on any atom is 0.416 e. The summed E-state index contributed by atoms with van der Waals surface area (Å²) in [4.78, 5) is 16.2. The number of anilines is 2. The van der Waals surface area contributed by atoms with Gasteiger partial charge < -0.3 is 21.5 Å². The van der Waals surface area contributed by atoms with E-state index in [1.165, 1.54) is 30.4 Å². The number of rotatable bonds is 4. The number of carbonyl (C=O) groups is 1. The molecule has 0 saturated carbocycles. The molecule has 4 rings (SSSR count). The molecule has 0 fully saturated rings. The number of hydrazone groups is 1. The minimum atomic E-state index is -4.74. The van der Waals surface area contributed by atoms with Crippen molar-refractivity contribution < 1.29 is 31.9 Å². The lowest BCUT2D eigenvalue weighted by Gasteiger charge is -2.29. The number of carbonyl (C=O) groups excluding carboxylic acids is 1. The molecule has 0 saturated heterocycles. The summed E-state index contributed by atoms with van der Waals surface area (Å²) in [6.07, 6.45) is -2.79. The molecule has 2 aromatic rings. The number of alkyl halides is 3. The Hall–Kier alpha value is -4.00. The minimum Gasteiger partial charge on any atom is -0.389 e. The molecule has 5 N–H and O–H groups in total. The van der Waals surface area contributed by atoms with Crippen molar-refractivity contribution in [3.63, 3.8) is 0 Å². The maximum absolute atomic E-state index is 14.9. The van der Waals surface area contributed by atoms with Crippen LogP contribution in [0.2, 0.25) is 0 Å². The summed E-state index contributed by atoms with van der Waals surface area (Å²) in [5.41, 5.74) is 4.75. The average Bonchev–Trinajstić information content (AvgIpc) is 3.17. The minimum absolute atomic E-state index is 0.210. The van der Waals surface area contributed by atoms with Gasteiger partial charge in [-0.15, -0.1) is 0 Å². The van der Waals surface area contributed by atoms with Crippen molar-refractivity contribution in [2.75, 3.05) is 10.6 Å². The normalized spacial score (nSPS) is 20.1. The van der Waals surface area contributed by atoms with E-state index in [-0.39, 0.29) is 11.5 Å². The van der Waals surface area contributed by atoms with Crippen LogP contribution in [0.4, 0.5) is 38.1 Å². The summed E-state index contributed by atoms with van der Waals surface area (Å²) in [6.45, 7) is 1.54. The molecule has 184 valence electrons. The quantitative estimate of drug-likeness (QED) is 0.482. The Morgan fingerprint density at radius 2 is 1.83 bits per heavy atom. The van der Waals surface area contributed by atoms with Gasteiger partial charge in [0.25, 0.3) is 0 Å². The van der Waals surface area contributed by atoms with Gasteiger partial charge in [0.2, 0.25) is 0 Å². The molecule has 0 bridgehead atoms. The molecular formula is C22H19F5N6O2. The second-order valence-electron chi connectivity index (χ2n) is 7.90. The van der Waals surface area contributed by atoms with Crippen molar-refractivity contribution in [3.05, 3.63) is 70.9 Å². The Bertz CT molecular complexity index is 1260. The second-order valence-corrected chi connectivity index (χ2v) is 7.90. The standard InChI is InChI=1S/C22H19F5N6O2/c1-10(34)13-8-33-19(20(28)29-9-30-33)18(13)11-2-5-16(15(24)6-11)31-21(35)32-17-7-12(22(25,26)27)3-4-14(17)23/h2-10,18-19,34H,1H3,(H2,28,29,30)(H2,31,32,35). The number of nitrogens with zero attached hydrogens (tertiary/aromatic N) is 3. The molecule has 0 aromatic heterocycles. The van der Waals surface area contributed by atoms with Crippen molar-refractivity contribution in [1.82, 2.24) is 5.01 Å². The topological polar surface area (TPSA) is 115 Å². The van der Waals surface area contributed by atoms with Crippen molar-refractivity contribution in [1.29, 1.82) is 0 Å². The van der Waals surface area contributed by atoms with E-state index in [0.717, 1.165) is 6.07 Å². The number of aliphatic imine (C=N–C) groups is 1. The van der Waals surface area contributed by atoms with E-state index in [0.29, 0.717) is 29.3 Å². The third-order valence-corrected chi connectivity index (χ3v) is 5.56. The molecule has 0 spiro atoms. The van der Waals surface area contributed by atoms with Crippen LogP contribution >= 0.6 is 0 Å². The number of hydrogen-bond donors (Lipinski definition) is 4. The van der Waals surface area contributed by atoms with Gasteiger partial charge in [-0.3, -0.25) is 5.01 Å². The lowest BCUT2D eigenvalue weighted by molar-refractivity contribution is -0.137. The SMILES string of the molecule is CC(O)C1=CN2N=CN=C(N)C2C1c1ccc(NC(=O)Nc2cc(C(F)(F)F)ccc2F)c(F)c1. The Labute approximate surface area is 195 Å². The summed E-state index contributed by atoms with van der Waals surface area (Å²) < 4.78 is 67.4. The van der Waals surface area contributed by atoms with Crippen LogP contribution in [0.3, 0.4) is 0 Å². The number of nitrogens with one attached hydrogen (secondary N) is 2. The first kappa shape index (κ1) is 24.1. The van der Waals surface area contributed by atoms with Gasteiger partial charge in [0.15, 0.2) is 0 Å². The predicted molar refractivity (Wildman–Crippen MR) is 119 cm³/mol. The van der Waals surface area contributed by atoms with Crippen LogP contribution in [-0.4, -0.2) is 40.5 Å². The Morgan fingerprint density at radius 3 is 2.49 bits per heavy atom. The van der Waals surface area contributed by atoms with E-state index in [4.69, 9.17) is 5.73 Å². The van der Waals surface area contributed by atoms with Crippen LogP contribution in [0.25, 0.3) is 0 Å². The summed E-state index contributed by atoms with van der Waals surface area (Å²) in [7, 11) is 0. The molecule has 0 aliphatic carbocycles. The van der Waals surface area contributed by atoms with Crippen molar-refractivity contribution in [2.45, 2.75) is 31.2 Å². The maximum atomic E-state index is 14.9. The highest BCUT2D eigenvalue weighted by molar-refractivity contribution is 6.00. The number of aliphatic hydroxyl groups is 1. The van der Waals surface area contributed by atoms with Crippen LogP contribution in [0.5, 0.6) is 0 Å². The van der Waals surface area contributed by atoms with E-state index in [1.54, 1.807) is 6.20 Å². The molecule has 2 heterocycles. The predicted octanol–water partition coefficient (Wildman–Crippen LogP) is 3.97. The summed E-state index contributed by atoms with van der Waals surface area (Å²) in [5.74, 6) is -2.35. The Balaban J connectivity index is 1.54. The number of nitrogens with two attached hydrogens (primary N) is 1. The van der Waals surface area contributed by atoms with Crippen LogP contribution in [0, 0.1) is 11.6 Å². The lowest BCUT2D eigenvalue weighted by Crippen LogP contribution is -2.43. The number of aliphatic hydroxyl groups excluding tert-OH is 1. The van der Waals surface area contributed by atoms with Crippen molar-refractivity contribution in [3.8, 4) is 0 Å². The fraction of sp³-hybridized carbons (Fsp3) is 0.227. The van der Waals surface area contributed by atoms with E-state index >= 15 is 0 Å². The zero-order valence-electron chi connectivity index (χ0n) is 18.0. The summed E-state index contributed by atoms with van der Waals surface area (Å²) in [5, 5.41) is 19.9. The Morgan fingerprint density at radius 1 is 1.11 bits per heavy atom. The van der Waals surface area contributed by atoms with E-state index < -0.39 is 53.2 Å². The molecule has 0 radical (unpaired) electrons. The monoisotopic (exact) mass is 494 g/mol. The van der Waals surface area contributed by atoms with E-state index in [2.05, 4.69) is 15.4 Å². The largest absolute Gasteiger partial charge is 0.416 e. The molecule has 2 aliphatic heterocycles. The summed E-state index contributed by atoms with van der Waals surface area (Å²) >= 11 is 0. The molecule has 2 aromatic carbocycles. The molecule has 8 nitrogen and oxygen atoms in total. The zero-order valence-corrected chi connectivity index (χ0v) is 18.0. The molecule has 35 heavy (non-hydrogen) atoms. The lowest BCUT2D eigenvalue weighted by atomic mass is 9.84. The molecule has 2 amide bonds. The second kappa shape index (κ2) is 8.98. The number of amidine groups is 1. The van der Waals surface area contributed by atoms with Crippen molar-refractivity contribution in [2.24, 2.45) is 15.8 Å². The Kier molecular flexibility index (Phi) is 6.19. The number of hydrogen-bond acceptors (Lipinski definition) is 6. The zero-order chi connectivity index (χ0) is 25.5. The van der Waals surface area contributed by atoms with Crippen molar-refractivity contribution >= 4 is 29.6 Å². The average molecular weight is 494 g/mol.